The molecule has 0 unspecified atom stereocenters. The summed E-state index contributed by atoms with van der Waals surface area (Å²) in [5.74, 6) is 1.19. The summed E-state index contributed by atoms with van der Waals surface area (Å²) in [6, 6.07) is 10.8. The van der Waals surface area contributed by atoms with Gasteiger partial charge >= 0.3 is 5.97 Å². The molecular weight excluding hydrogens is 333 g/mol. The second-order valence-corrected chi connectivity index (χ2v) is 6.52. The molecule has 0 aliphatic heterocycles. The van der Waals surface area contributed by atoms with Crippen LogP contribution in [0.4, 0.5) is 4.39 Å². The first-order valence-corrected chi connectivity index (χ1v) is 8.35. The summed E-state index contributed by atoms with van der Waals surface area (Å²) >= 11 is 0. The Hall–Kier alpha value is -2.69. The van der Waals surface area contributed by atoms with E-state index in [0.717, 1.165) is 0 Å². The number of sulfonamides is 1. The highest BCUT2D eigenvalue weighted by Gasteiger charge is 2.14. The van der Waals surface area contributed by atoms with E-state index in [0.29, 0.717) is 5.56 Å². The Morgan fingerprint density at radius 2 is 1.75 bits per heavy atom. The zero-order valence-corrected chi connectivity index (χ0v) is 13.3. The molecule has 2 rings (SSSR count). The molecule has 5 nitrogen and oxygen atoms in total. The minimum absolute atomic E-state index is 0.00663. The fourth-order valence-corrected chi connectivity index (χ4v) is 2.74. The van der Waals surface area contributed by atoms with E-state index in [1.807, 2.05) is 0 Å². The van der Waals surface area contributed by atoms with Crippen LogP contribution in [0.25, 0.3) is 0 Å². The molecule has 124 valence electrons. The average molecular weight is 347 g/mol. The second kappa shape index (κ2) is 7.73. The van der Waals surface area contributed by atoms with E-state index in [2.05, 4.69) is 10.6 Å². The zero-order valence-electron chi connectivity index (χ0n) is 12.5. The summed E-state index contributed by atoms with van der Waals surface area (Å²) in [6.45, 7) is -0.132. The van der Waals surface area contributed by atoms with E-state index >= 15 is 0 Å². The van der Waals surface area contributed by atoms with E-state index in [1.165, 1.54) is 48.5 Å². The van der Waals surface area contributed by atoms with Crippen LogP contribution >= 0.6 is 0 Å². The van der Waals surface area contributed by atoms with Crippen molar-refractivity contribution in [3.05, 3.63) is 65.5 Å². The van der Waals surface area contributed by atoms with Gasteiger partial charge in [-0.25, -0.2) is 17.6 Å². The van der Waals surface area contributed by atoms with E-state index < -0.39 is 16.0 Å². The van der Waals surface area contributed by atoms with Crippen LogP contribution in [0.2, 0.25) is 0 Å². The van der Waals surface area contributed by atoms with Gasteiger partial charge in [-0.3, -0.25) is 0 Å². The Balaban J connectivity index is 2.01. The molecule has 0 saturated carbocycles. The van der Waals surface area contributed by atoms with Gasteiger partial charge < -0.3 is 4.74 Å². The molecular formula is C17H14FNO4S. The molecule has 0 amide bonds. The average Bonchev–Trinajstić information content (AvgIpc) is 2.59. The molecule has 2 aromatic rings. The van der Waals surface area contributed by atoms with Crippen LogP contribution < -0.4 is 4.72 Å². The van der Waals surface area contributed by atoms with Gasteiger partial charge in [0.2, 0.25) is 10.0 Å². The Labute approximate surface area is 139 Å². The fourth-order valence-electron chi connectivity index (χ4n) is 1.80. The number of terminal acetylenes is 1. The Kier molecular flexibility index (Phi) is 5.68. The molecule has 0 spiro atoms. The van der Waals surface area contributed by atoms with E-state index in [1.54, 1.807) is 0 Å². The number of nitrogens with one attached hydrogen (secondary N) is 1. The zero-order chi connectivity index (χ0) is 17.6. The molecule has 0 aliphatic carbocycles. The lowest BCUT2D eigenvalue weighted by atomic mass is 10.2. The van der Waals surface area contributed by atoms with Crippen LogP contribution in [0.5, 0.6) is 0 Å². The van der Waals surface area contributed by atoms with E-state index in [4.69, 9.17) is 11.2 Å². The van der Waals surface area contributed by atoms with E-state index in [-0.39, 0.29) is 29.4 Å². The largest absolute Gasteiger partial charge is 0.457 e. The summed E-state index contributed by atoms with van der Waals surface area (Å²) in [6.07, 6.45) is 5.01. The number of halogens is 1. The number of ether oxygens (including phenoxy) is 1. The molecule has 0 fully saturated rings. The van der Waals surface area contributed by atoms with Crippen molar-refractivity contribution in [1.82, 2.24) is 4.72 Å². The van der Waals surface area contributed by atoms with Crippen LogP contribution in [-0.4, -0.2) is 20.9 Å². The van der Waals surface area contributed by atoms with Crippen LogP contribution in [0.15, 0.2) is 53.4 Å². The molecule has 0 aromatic heterocycles. The van der Waals surface area contributed by atoms with Crippen molar-refractivity contribution in [3.63, 3.8) is 0 Å². The van der Waals surface area contributed by atoms with Crippen molar-refractivity contribution >= 4 is 16.0 Å². The number of carbonyl (C=O) groups excluding carboxylic acids is 1. The van der Waals surface area contributed by atoms with E-state index in [9.17, 15) is 17.6 Å². The third-order valence-electron chi connectivity index (χ3n) is 3.05. The summed E-state index contributed by atoms with van der Waals surface area (Å²) < 4.78 is 43.8. The maximum absolute atomic E-state index is 12.8. The normalized spacial score (nSPS) is 10.8. The van der Waals surface area contributed by atoms with Crippen LogP contribution in [0, 0.1) is 18.2 Å². The van der Waals surface area contributed by atoms with Gasteiger partial charge in [-0.1, -0.05) is 18.1 Å². The number of hydrogen-bond donors (Lipinski definition) is 1. The minimum atomic E-state index is -3.70. The number of esters is 1. The summed E-state index contributed by atoms with van der Waals surface area (Å²) in [4.78, 5) is 11.9. The molecule has 0 radical (unpaired) electrons. The Morgan fingerprint density at radius 3 is 2.33 bits per heavy atom. The smallest absolute Gasteiger partial charge is 0.338 e. The van der Waals surface area contributed by atoms with Crippen molar-refractivity contribution in [3.8, 4) is 12.3 Å². The fraction of sp³-hybridized carbons (Fsp3) is 0.118. The Bertz CT molecular complexity index is 853. The molecule has 7 heteroatoms. The van der Waals surface area contributed by atoms with Crippen molar-refractivity contribution in [1.29, 1.82) is 0 Å². The molecule has 1 N–H and O–H groups in total. The molecule has 0 bridgehead atoms. The van der Waals surface area contributed by atoms with Crippen molar-refractivity contribution in [2.45, 2.75) is 11.5 Å². The van der Waals surface area contributed by atoms with Gasteiger partial charge in [-0.15, -0.1) is 6.42 Å². The lowest BCUT2D eigenvalue weighted by Gasteiger charge is -2.07. The van der Waals surface area contributed by atoms with Crippen LogP contribution in [-0.2, 0) is 21.4 Å². The monoisotopic (exact) mass is 347 g/mol. The number of hydrogen-bond acceptors (Lipinski definition) is 4. The van der Waals surface area contributed by atoms with Gasteiger partial charge in [0.05, 0.1) is 17.0 Å². The first kappa shape index (κ1) is 17.7. The van der Waals surface area contributed by atoms with Gasteiger partial charge in [0.1, 0.15) is 12.4 Å². The third-order valence-corrected chi connectivity index (χ3v) is 4.46. The van der Waals surface area contributed by atoms with Crippen molar-refractivity contribution in [2.24, 2.45) is 0 Å². The van der Waals surface area contributed by atoms with Crippen molar-refractivity contribution in [2.75, 3.05) is 6.54 Å². The maximum atomic E-state index is 12.8. The summed E-state index contributed by atoms with van der Waals surface area (Å²) in [7, 11) is -3.70. The molecule has 0 aliphatic rings. The number of rotatable bonds is 6. The first-order chi connectivity index (χ1) is 11.4. The van der Waals surface area contributed by atoms with Crippen molar-refractivity contribution < 1.29 is 22.3 Å². The second-order valence-electron chi connectivity index (χ2n) is 4.76. The van der Waals surface area contributed by atoms with Gasteiger partial charge in [-0.05, 0) is 42.0 Å². The highest BCUT2D eigenvalue weighted by Crippen LogP contribution is 2.12. The molecule has 0 heterocycles. The highest BCUT2D eigenvalue weighted by molar-refractivity contribution is 7.89. The molecule has 24 heavy (non-hydrogen) atoms. The lowest BCUT2D eigenvalue weighted by molar-refractivity contribution is 0.0472. The van der Waals surface area contributed by atoms with Crippen LogP contribution in [0.3, 0.4) is 0 Å². The topological polar surface area (TPSA) is 72.5 Å². The van der Waals surface area contributed by atoms with Gasteiger partial charge in [0.15, 0.2) is 0 Å². The predicted octanol–water partition coefficient (Wildman–Crippen LogP) is 2.09. The Morgan fingerprint density at radius 1 is 1.12 bits per heavy atom. The summed E-state index contributed by atoms with van der Waals surface area (Å²) in [5.41, 5.74) is 0.843. The highest BCUT2D eigenvalue weighted by atomic mass is 32.2. The molecule has 2 aromatic carbocycles. The minimum Gasteiger partial charge on any atom is -0.457 e. The lowest BCUT2D eigenvalue weighted by Crippen LogP contribution is -2.23. The quantitative estimate of drug-likeness (QED) is 0.642. The van der Waals surface area contributed by atoms with Gasteiger partial charge in [0, 0.05) is 0 Å². The predicted molar refractivity (Wildman–Crippen MR) is 86.0 cm³/mol. The third kappa shape index (κ3) is 4.65. The SMILES string of the molecule is C#CCNS(=O)(=O)c1ccc(C(=O)OCc2ccc(F)cc2)cc1. The van der Waals surface area contributed by atoms with Gasteiger partial charge in [0.25, 0.3) is 0 Å². The standard InChI is InChI=1S/C17H14FNO4S/c1-2-11-19-24(21,22)16-9-5-14(6-10-16)17(20)23-12-13-3-7-15(18)8-4-13/h1,3-10,19H,11-12H2. The summed E-state index contributed by atoms with van der Waals surface area (Å²) in [5, 5.41) is 0. The number of benzene rings is 2. The van der Waals surface area contributed by atoms with Gasteiger partial charge in [-0.2, -0.15) is 4.72 Å². The molecule has 0 atom stereocenters. The van der Waals surface area contributed by atoms with Crippen LogP contribution in [0.1, 0.15) is 15.9 Å². The number of carbonyl (C=O) groups is 1. The first-order valence-electron chi connectivity index (χ1n) is 6.87. The molecule has 0 saturated heterocycles. The maximum Gasteiger partial charge on any atom is 0.338 e.